The van der Waals surface area contributed by atoms with E-state index in [0.717, 1.165) is 20.1 Å². The Balaban J connectivity index is 1.65. The lowest BCUT2D eigenvalue weighted by Crippen LogP contribution is -2.39. The van der Waals surface area contributed by atoms with Gasteiger partial charge < -0.3 is 0 Å². The molecule has 126 valence electrons. The van der Waals surface area contributed by atoms with Crippen molar-refractivity contribution in [2.45, 2.75) is 13.2 Å². The Morgan fingerprint density at radius 1 is 0.708 bits per heavy atom. The minimum Gasteiger partial charge on any atom is -0.268 e. The molecule has 24 heavy (non-hydrogen) atoms. The van der Waals surface area contributed by atoms with E-state index >= 15 is 0 Å². The number of hydrogen-bond donors (Lipinski definition) is 2. The first-order chi connectivity index (χ1) is 11.5. The molecule has 8 heteroatoms. The van der Waals surface area contributed by atoms with Crippen molar-refractivity contribution in [2.24, 2.45) is 0 Å². The molecule has 2 rings (SSSR count). The second-order valence-corrected chi connectivity index (χ2v) is 6.52. The highest BCUT2D eigenvalue weighted by Gasteiger charge is 2.13. The van der Waals surface area contributed by atoms with Crippen molar-refractivity contribution in [3.8, 4) is 0 Å². The Bertz CT molecular complexity index is 629. The van der Waals surface area contributed by atoms with Crippen LogP contribution in [-0.2, 0) is 32.5 Å². The van der Waals surface area contributed by atoms with Crippen LogP contribution in [0.25, 0.3) is 0 Å². The fraction of sp³-hybridized carbons (Fsp3) is 0.125. The Kier molecular flexibility index (Phi) is 7.38. The number of nitrogens with one attached hydrogen (secondary N) is 2. The molecule has 2 amide bonds. The van der Waals surface area contributed by atoms with Crippen LogP contribution in [0.1, 0.15) is 11.1 Å². The molecular weight excluding hydrogens is 444 g/mol. The zero-order valence-corrected chi connectivity index (χ0v) is 15.6. The van der Waals surface area contributed by atoms with E-state index in [0.29, 0.717) is 0 Å². The lowest BCUT2D eigenvalue weighted by molar-refractivity contribution is -0.154. The van der Waals surface area contributed by atoms with Crippen LogP contribution in [0.4, 0.5) is 0 Å². The Hall–Kier alpha value is -1.74. The Morgan fingerprint density at radius 3 is 1.38 bits per heavy atom. The lowest BCUT2D eigenvalue weighted by atomic mass is 10.2. The van der Waals surface area contributed by atoms with E-state index in [1.165, 1.54) is 0 Å². The summed E-state index contributed by atoms with van der Waals surface area (Å²) in [4.78, 5) is 33.0. The Morgan fingerprint density at radius 2 is 1.04 bits per heavy atom. The molecule has 2 aromatic rings. The van der Waals surface area contributed by atoms with Gasteiger partial charge in [0.25, 0.3) is 0 Å². The SMILES string of the molecule is O=C(NOCc1ccc(Br)cc1)C(=O)NOCc1ccc(Br)cc1. The van der Waals surface area contributed by atoms with E-state index in [2.05, 4.69) is 42.8 Å². The van der Waals surface area contributed by atoms with Gasteiger partial charge in [0.2, 0.25) is 0 Å². The summed E-state index contributed by atoms with van der Waals surface area (Å²) < 4.78 is 1.88. The molecule has 6 nitrogen and oxygen atoms in total. The highest BCUT2D eigenvalue weighted by atomic mass is 79.9. The van der Waals surface area contributed by atoms with Gasteiger partial charge in [-0.25, -0.2) is 11.0 Å². The summed E-state index contributed by atoms with van der Waals surface area (Å²) in [6.07, 6.45) is 0. The van der Waals surface area contributed by atoms with Crippen LogP contribution >= 0.6 is 31.9 Å². The van der Waals surface area contributed by atoms with Gasteiger partial charge >= 0.3 is 11.8 Å². The van der Waals surface area contributed by atoms with Gasteiger partial charge in [-0.3, -0.25) is 19.3 Å². The fourth-order valence-electron chi connectivity index (χ4n) is 1.62. The number of rotatable bonds is 6. The van der Waals surface area contributed by atoms with Gasteiger partial charge in [0.1, 0.15) is 0 Å². The molecule has 0 saturated carbocycles. The first-order valence-corrected chi connectivity index (χ1v) is 8.46. The van der Waals surface area contributed by atoms with Crippen LogP contribution in [0.2, 0.25) is 0 Å². The van der Waals surface area contributed by atoms with Gasteiger partial charge in [-0.2, -0.15) is 0 Å². The predicted molar refractivity (Wildman–Crippen MR) is 94.1 cm³/mol. The summed E-state index contributed by atoms with van der Waals surface area (Å²) >= 11 is 6.64. The third kappa shape index (κ3) is 6.40. The molecule has 0 radical (unpaired) electrons. The fourth-order valence-corrected chi connectivity index (χ4v) is 2.15. The maximum atomic E-state index is 11.5. The molecule has 0 aliphatic rings. The molecule has 2 N–H and O–H groups in total. The van der Waals surface area contributed by atoms with Gasteiger partial charge in [0.05, 0.1) is 13.2 Å². The largest absolute Gasteiger partial charge is 0.335 e. The van der Waals surface area contributed by atoms with Gasteiger partial charge in [-0.1, -0.05) is 56.1 Å². The third-order valence-corrected chi connectivity index (χ3v) is 3.90. The molecule has 0 unspecified atom stereocenters. The first kappa shape index (κ1) is 18.6. The molecule has 0 saturated heterocycles. The van der Waals surface area contributed by atoms with E-state index in [-0.39, 0.29) is 13.2 Å². The second kappa shape index (κ2) is 9.53. The van der Waals surface area contributed by atoms with Crippen molar-refractivity contribution >= 4 is 43.7 Å². The van der Waals surface area contributed by atoms with Crippen LogP contribution in [0.15, 0.2) is 57.5 Å². The molecule has 0 aromatic heterocycles. The monoisotopic (exact) mass is 456 g/mol. The summed E-state index contributed by atoms with van der Waals surface area (Å²) in [5, 5.41) is 0. The van der Waals surface area contributed by atoms with E-state index < -0.39 is 11.8 Å². The standard InChI is InChI=1S/C16H14Br2N2O4/c17-13-5-1-11(2-6-13)9-23-19-15(21)16(22)20-24-10-12-3-7-14(18)8-4-12/h1-8H,9-10H2,(H,19,21)(H,20,22). The van der Waals surface area contributed by atoms with Crippen molar-refractivity contribution in [2.75, 3.05) is 0 Å². The quantitative estimate of drug-likeness (QED) is 0.516. The topological polar surface area (TPSA) is 76.7 Å². The molecule has 0 aliphatic heterocycles. The molecular formula is C16H14Br2N2O4. The number of hydrogen-bond acceptors (Lipinski definition) is 4. The first-order valence-electron chi connectivity index (χ1n) is 6.87. The number of carbonyl (C=O) groups excluding carboxylic acids is 2. The van der Waals surface area contributed by atoms with E-state index in [1.54, 1.807) is 0 Å². The number of carbonyl (C=O) groups is 2. The van der Waals surface area contributed by atoms with Crippen molar-refractivity contribution in [3.05, 3.63) is 68.6 Å². The zero-order valence-electron chi connectivity index (χ0n) is 12.4. The normalized spacial score (nSPS) is 10.2. The number of benzene rings is 2. The summed E-state index contributed by atoms with van der Waals surface area (Å²) in [5.74, 6) is -1.88. The van der Waals surface area contributed by atoms with E-state index in [4.69, 9.17) is 9.68 Å². The van der Waals surface area contributed by atoms with Crippen LogP contribution < -0.4 is 11.0 Å². The van der Waals surface area contributed by atoms with Crippen LogP contribution in [0.5, 0.6) is 0 Å². The van der Waals surface area contributed by atoms with Crippen molar-refractivity contribution in [1.29, 1.82) is 0 Å². The van der Waals surface area contributed by atoms with E-state index in [1.807, 2.05) is 48.5 Å². The highest BCUT2D eigenvalue weighted by Crippen LogP contribution is 2.11. The summed E-state index contributed by atoms with van der Waals surface area (Å²) in [7, 11) is 0. The average Bonchev–Trinajstić information content (AvgIpc) is 2.58. The molecule has 0 fully saturated rings. The van der Waals surface area contributed by atoms with E-state index in [9.17, 15) is 9.59 Å². The zero-order chi connectivity index (χ0) is 17.4. The molecule has 0 spiro atoms. The maximum absolute atomic E-state index is 11.5. The molecule has 0 aliphatic carbocycles. The second-order valence-electron chi connectivity index (χ2n) is 4.69. The Labute approximate surface area is 155 Å². The van der Waals surface area contributed by atoms with Crippen molar-refractivity contribution in [1.82, 2.24) is 11.0 Å². The predicted octanol–water partition coefficient (Wildman–Crippen LogP) is 3.01. The molecule has 0 atom stereocenters. The van der Waals surface area contributed by atoms with Crippen LogP contribution in [0.3, 0.4) is 0 Å². The minimum absolute atomic E-state index is 0.145. The van der Waals surface area contributed by atoms with Gasteiger partial charge in [0, 0.05) is 8.95 Å². The van der Waals surface area contributed by atoms with Crippen LogP contribution in [0, 0.1) is 0 Å². The molecule has 0 heterocycles. The highest BCUT2D eigenvalue weighted by molar-refractivity contribution is 9.10. The number of amides is 2. The molecule has 2 aromatic carbocycles. The minimum atomic E-state index is -0.942. The maximum Gasteiger partial charge on any atom is 0.335 e. The lowest BCUT2D eigenvalue weighted by Gasteiger charge is -2.07. The molecule has 0 bridgehead atoms. The summed E-state index contributed by atoms with van der Waals surface area (Å²) in [5.41, 5.74) is 5.81. The van der Waals surface area contributed by atoms with Gasteiger partial charge in [-0.05, 0) is 35.4 Å². The van der Waals surface area contributed by atoms with Crippen molar-refractivity contribution in [3.63, 3.8) is 0 Å². The summed E-state index contributed by atoms with van der Waals surface area (Å²) in [6.45, 7) is 0.290. The van der Waals surface area contributed by atoms with Gasteiger partial charge in [-0.15, -0.1) is 0 Å². The summed E-state index contributed by atoms with van der Waals surface area (Å²) in [6, 6.07) is 14.7. The number of halogens is 2. The number of hydroxylamine groups is 2. The van der Waals surface area contributed by atoms with Crippen molar-refractivity contribution < 1.29 is 19.3 Å². The average molecular weight is 458 g/mol. The van der Waals surface area contributed by atoms with Crippen LogP contribution in [-0.4, -0.2) is 11.8 Å². The van der Waals surface area contributed by atoms with Gasteiger partial charge in [0.15, 0.2) is 0 Å². The third-order valence-electron chi connectivity index (χ3n) is 2.84. The smallest absolute Gasteiger partial charge is 0.268 e.